The van der Waals surface area contributed by atoms with Crippen LogP contribution in [0.4, 0.5) is 11.5 Å². The molecule has 7 heteroatoms. The number of nitrogens with zero attached hydrogens (tertiary/aromatic N) is 3. The van der Waals surface area contributed by atoms with Crippen LogP contribution in [0.3, 0.4) is 0 Å². The Balaban J connectivity index is 1.80. The van der Waals surface area contributed by atoms with Crippen LogP contribution in [0, 0.1) is 6.92 Å². The monoisotopic (exact) mass is 395 g/mol. The van der Waals surface area contributed by atoms with Gasteiger partial charge in [-0.1, -0.05) is 11.6 Å². The van der Waals surface area contributed by atoms with Gasteiger partial charge in [0.1, 0.15) is 17.8 Å². The molecule has 0 N–H and O–H groups in total. The van der Waals surface area contributed by atoms with E-state index in [-0.39, 0.29) is 0 Å². The molecule has 0 aliphatic rings. The number of pyridine rings is 1. The summed E-state index contributed by atoms with van der Waals surface area (Å²) >= 11 is 6.45. The molecule has 0 saturated carbocycles. The zero-order valence-electron chi connectivity index (χ0n) is 15.6. The van der Waals surface area contributed by atoms with Crippen molar-refractivity contribution < 1.29 is 9.15 Å². The van der Waals surface area contributed by atoms with Gasteiger partial charge in [0.2, 0.25) is 0 Å². The molecule has 0 saturated heterocycles. The molecule has 0 amide bonds. The highest BCUT2D eigenvalue weighted by Crippen LogP contribution is 2.31. The van der Waals surface area contributed by atoms with Gasteiger partial charge in [-0.3, -0.25) is 0 Å². The molecule has 0 fully saturated rings. The average molecular weight is 396 g/mol. The highest BCUT2D eigenvalue weighted by Gasteiger charge is 2.12. The van der Waals surface area contributed by atoms with Crippen molar-refractivity contribution in [1.82, 2.24) is 9.55 Å². The molecule has 28 heavy (non-hydrogen) atoms. The Bertz CT molecular complexity index is 1210. The molecule has 0 aliphatic heterocycles. The number of fused-ring (bicyclic) bond motifs is 1. The van der Waals surface area contributed by atoms with Crippen LogP contribution in [0.25, 0.3) is 16.5 Å². The first-order valence-electron chi connectivity index (χ1n) is 8.62. The van der Waals surface area contributed by atoms with E-state index in [1.165, 1.54) is 10.8 Å². The first kappa shape index (κ1) is 18.1. The lowest BCUT2D eigenvalue weighted by molar-refractivity contribution is 0.415. The van der Waals surface area contributed by atoms with E-state index < -0.39 is 5.76 Å². The smallest absolute Gasteiger partial charge is 0.423 e. The fourth-order valence-electron chi connectivity index (χ4n) is 3.13. The minimum absolute atomic E-state index is 0.447. The van der Waals surface area contributed by atoms with Gasteiger partial charge in [0.05, 0.1) is 23.5 Å². The van der Waals surface area contributed by atoms with E-state index in [4.69, 9.17) is 20.8 Å². The zero-order chi connectivity index (χ0) is 19.8. The lowest BCUT2D eigenvalue weighted by Gasteiger charge is -2.19. The Morgan fingerprint density at radius 1 is 1.18 bits per heavy atom. The highest BCUT2D eigenvalue weighted by molar-refractivity contribution is 6.35. The third kappa shape index (κ3) is 3.12. The number of oxazole rings is 1. The number of aromatic nitrogens is 2. The van der Waals surface area contributed by atoms with E-state index in [9.17, 15) is 4.79 Å². The van der Waals surface area contributed by atoms with Crippen molar-refractivity contribution in [1.29, 1.82) is 0 Å². The number of aryl methyl sites for hydroxylation is 1. The molecule has 4 rings (SSSR count). The van der Waals surface area contributed by atoms with Crippen molar-refractivity contribution in [2.75, 3.05) is 19.1 Å². The summed E-state index contributed by atoms with van der Waals surface area (Å²) in [5, 5.41) is 2.21. The van der Waals surface area contributed by atoms with Gasteiger partial charge in [-0.25, -0.2) is 14.3 Å². The first-order chi connectivity index (χ1) is 13.5. The predicted molar refractivity (Wildman–Crippen MR) is 110 cm³/mol. The Kier molecular flexibility index (Phi) is 4.57. The number of halogens is 1. The summed E-state index contributed by atoms with van der Waals surface area (Å²) in [6.45, 7) is 1.80. The first-order valence-corrected chi connectivity index (χ1v) is 9.00. The van der Waals surface area contributed by atoms with Gasteiger partial charge in [0, 0.05) is 24.3 Å². The van der Waals surface area contributed by atoms with E-state index in [1.807, 2.05) is 48.3 Å². The number of anilines is 2. The van der Waals surface area contributed by atoms with Gasteiger partial charge in [-0.15, -0.1) is 0 Å². The molecule has 0 spiro atoms. The molecule has 2 aromatic heterocycles. The van der Waals surface area contributed by atoms with Crippen LogP contribution in [0.2, 0.25) is 5.02 Å². The van der Waals surface area contributed by atoms with Gasteiger partial charge in [-0.05, 0) is 54.8 Å². The Hall–Kier alpha value is -3.25. The largest absolute Gasteiger partial charge is 0.497 e. The van der Waals surface area contributed by atoms with Crippen LogP contribution in [0.1, 0.15) is 5.69 Å². The summed E-state index contributed by atoms with van der Waals surface area (Å²) in [4.78, 5) is 18.5. The van der Waals surface area contributed by atoms with Crippen LogP contribution in [0.15, 0.2) is 64.1 Å². The van der Waals surface area contributed by atoms with Crippen molar-refractivity contribution in [3.8, 4) is 11.4 Å². The third-order valence-electron chi connectivity index (χ3n) is 4.68. The number of methoxy groups -OCH3 is 1. The second kappa shape index (κ2) is 7.05. The van der Waals surface area contributed by atoms with Crippen LogP contribution < -0.4 is 15.4 Å². The maximum absolute atomic E-state index is 12.0. The van der Waals surface area contributed by atoms with Gasteiger partial charge >= 0.3 is 5.76 Å². The minimum atomic E-state index is -0.447. The van der Waals surface area contributed by atoms with Crippen molar-refractivity contribution in [3.05, 3.63) is 76.2 Å². The zero-order valence-corrected chi connectivity index (χ0v) is 16.4. The quantitative estimate of drug-likeness (QED) is 0.500. The summed E-state index contributed by atoms with van der Waals surface area (Å²) in [5.41, 5.74) is 2.32. The van der Waals surface area contributed by atoms with Gasteiger partial charge < -0.3 is 14.1 Å². The fraction of sp³-hybridized carbons (Fsp3) is 0.143. The second-order valence-electron chi connectivity index (χ2n) is 6.43. The van der Waals surface area contributed by atoms with Crippen molar-refractivity contribution >= 4 is 33.9 Å². The molecule has 4 aromatic rings. The lowest BCUT2D eigenvalue weighted by Crippen LogP contribution is -2.13. The van der Waals surface area contributed by atoms with E-state index in [2.05, 4.69) is 4.98 Å². The molecule has 2 aromatic carbocycles. The Morgan fingerprint density at radius 3 is 2.57 bits per heavy atom. The number of hydrogen-bond acceptors (Lipinski definition) is 5. The number of benzene rings is 2. The molecule has 0 aliphatic carbocycles. The van der Waals surface area contributed by atoms with Gasteiger partial charge in [-0.2, -0.15) is 0 Å². The fourth-order valence-corrected chi connectivity index (χ4v) is 3.40. The standard InChI is InChI=1S/C21H18ClN3O3/c1-13-12-28-21(26)25(13)16-8-14-9-20(23-11-18(14)19(22)10-16)24(2)15-4-6-17(27-3)7-5-15/h4-12H,1-3H3. The van der Waals surface area contributed by atoms with Crippen molar-refractivity contribution in [3.63, 3.8) is 0 Å². The van der Waals surface area contributed by atoms with E-state index in [0.717, 1.165) is 28.0 Å². The van der Waals surface area contributed by atoms with E-state index >= 15 is 0 Å². The van der Waals surface area contributed by atoms with Crippen LogP contribution in [0.5, 0.6) is 5.75 Å². The summed E-state index contributed by atoms with van der Waals surface area (Å²) in [6.07, 6.45) is 3.16. The topological polar surface area (TPSA) is 60.5 Å². The van der Waals surface area contributed by atoms with Crippen molar-refractivity contribution in [2.45, 2.75) is 6.92 Å². The SMILES string of the molecule is COc1ccc(N(C)c2cc3cc(-n4c(C)coc4=O)cc(Cl)c3cn2)cc1. The average Bonchev–Trinajstić information content (AvgIpc) is 3.05. The Morgan fingerprint density at radius 2 is 1.93 bits per heavy atom. The molecule has 0 radical (unpaired) electrons. The van der Waals surface area contributed by atoms with Crippen LogP contribution in [-0.2, 0) is 0 Å². The maximum atomic E-state index is 12.0. The summed E-state index contributed by atoms with van der Waals surface area (Å²) in [6, 6.07) is 13.3. The number of ether oxygens (including phenoxy) is 1. The van der Waals surface area contributed by atoms with Crippen LogP contribution in [-0.4, -0.2) is 23.7 Å². The van der Waals surface area contributed by atoms with E-state index in [1.54, 1.807) is 26.3 Å². The predicted octanol–water partition coefficient (Wildman–Crippen LogP) is 4.72. The summed E-state index contributed by atoms with van der Waals surface area (Å²) in [7, 11) is 3.57. The highest BCUT2D eigenvalue weighted by atomic mass is 35.5. The molecule has 6 nitrogen and oxygen atoms in total. The third-order valence-corrected chi connectivity index (χ3v) is 5.00. The molecular weight excluding hydrogens is 378 g/mol. The van der Waals surface area contributed by atoms with Gasteiger partial charge in [0.15, 0.2) is 0 Å². The lowest BCUT2D eigenvalue weighted by atomic mass is 10.1. The summed E-state index contributed by atoms with van der Waals surface area (Å²) in [5.74, 6) is 1.10. The van der Waals surface area contributed by atoms with Crippen LogP contribution >= 0.6 is 11.6 Å². The molecule has 0 unspecified atom stereocenters. The number of hydrogen-bond donors (Lipinski definition) is 0. The van der Waals surface area contributed by atoms with Crippen molar-refractivity contribution in [2.24, 2.45) is 0 Å². The molecule has 0 atom stereocenters. The normalized spacial score (nSPS) is 11.0. The molecular formula is C21H18ClN3O3. The Labute approximate surface area is 166 Å². The maximum Gasteiger partial charge on any atom is 0.423 e. The molecule has 2 heterocycles. The summed E-state index contributed by atoms with van der Waals surface area (Å²) < 4.78 is 11.7. The minimum Gasteiger partial charge on any atom is -0.497 e. The molecule has 0 bridgehead atoms. The second-order valence-corrected chi connectivity index (χ2v) is 6.83. The molecule has 142 valence electrons. The number of rotatable bonds is 4. The van der Waals surface area contributed by atoms with Gasteiger partial charge in [0.25, 0.3) is 0 Å². The van der Waals surface area contributed by atoms with E-state index in [0.29, 0.717) is 16.4 Å².